The lowest BCUT2D eigenvalue weighted by atomic mass is 10.0. The first-order valence-corrected chi connectivity index (χ1v) is 21.4. The van der Waals surface area contributed by atoms with Crippen molar-refractivity contribution in [2.24, 2.45) is 0 Å². The average molecular weight is 804 g/mol. The van der Waals surface area contributed by atoms with E-state index in [1.807, 2.05) is 12.1 Å². The Kier molecular flexibility index (Phi) is 7.84. The molecule has 0 saturated carbocycles. The summed E-state index contributed by atoms with van der Waals surface area (Å²) in [4.78, 5) is 10.9. The Morgan fingerprint density at radius 3 is 1.29 bits per heavy atom. The fraction of sp³-hybridized carbons (Fsp3) is 0. The molecule has 5 nitrogen and oxygen atoms in total. The van der Waals surface area contributed by atoms with Crippen LogP contribution in [0.3, 0.4) is 0 Å². The Labute approximate surface area is 363 Å². The molecular formula is C58H37N5. The van der Waals surface area contributed by atoms with Crippen molar-refractivity contribution in [3.8, 4) is 51.0 Å². The number of nitrogens with zero attached hydrogens (tertiary/aromatic N) is 5. The van der Waals surface area contributed by atoms with Crippen LogP contribution >= 0.6 is 0 Å². The van der Waals surface area contributed by atoms with E-state index in [0.717, 1.165) is 83.1 Å². The lowest BCUT2D eigenvalue weighted by Crippen LogP contribution is -2.04. The van der Waals surface area contributed by atoms with Gasteiger partial charge in [0.2, 0.25) is 5.95 Å². The van der Waals surface area contributed by atoms with Crippen LogP contribution in [0.1, 0.15) is 0 Å². The molecule has 13 aromatic rings. The zero-order valence-corrected chi connectivity index (χ0v) is 34.1. The number of hydrogen-bond acceptors (Lipinski definition) is 2. The van der Waals surface area contributed by atoms with Gasteiger partial charge in [0.25, 0.3) is 0 Å². The molecule has 9 aromatic carbocycles. The van der Waals surface area contributed by atoms with E-state index in [0.29, 0.717) is 5.95 Å². The molecule has 0 amide bonds. The molecule has 5 heteroatoms. The minimum Gasteiger partial charge on any atom is -0.309 e. The summed E-state index contributed by atoms with van der Waals surface area (Å²) in [5.41, 5.74) is 15.0. The monoisotopic (exact) mass is 803 g/mol. The number of aromatic nitrogens is 5. The fourth-order valence-corrected chi connectivity index (χ4v) is 9.92. The topological polar surface area (TPSA) is 40.6 Å². The first-order valence-electron chi connectivity index (χ1n) is 21.4. The van der Waals surface area contributed by atoms with Crippen LogP contribution in [0.2, 0.25) is 0 Å². The van der Waals surface area contributed by atoms with Gasteiger partial charge in [-0.3, -0.25) is 4.57 Å². The Morgan fingerprint density at radius 2 is 0.714 bits per heavy atom. The highest BCUT2D eigenvalue weighted by Crippen LogP contribution is 2.46. The van der Waals surface area contributed by atoms with Crippen LogP contribution in [0.4, 0.5) is 0 Å². The van der Waals surface area contributed by atoms with Crippen molar-refractivity contribution in [2.45, 2.75) is 0 Å². The summed E-state index contributed by atoms with van der Waals surface area (Å²) in [5, 5.41) is 7.01. The molecule has 0 N–H and O–H groups in total. The van der Waals surface area contributed by atoms with Crippen molar-refractivity contribution in [2.75, 3.05) is 0 Å². The molecule has 0 unspecified atom stereocenters. The molecule has 0 fully saturated rings. The second-order valence-corrected chi connectivity index (χ2v) is 16.2. The standard InChI is InChI=1S/C58H37N5/c1-5-18-38(19-6-1)41-24-17-27-43(36-41)62-50-30-15-13-28-44(50)46-32-34-52-54(56(46)62)55-53(61(52)42-25-11-4-12-26-42)35-33-47-45-29-14-16-31-51(45)63(57(47)55)58-59-48(39-20-7-2-8-21-39)37-49(60-58)40-22-9-3-10-23-40/h1-37H. The van der Waals surface area contributed by atoms with Crippen LogP contribution in [0.5, 0.6) is 0 Å². The summed E-state index contributed by atoms with van der Waals surface area (Å²) in [5.74, 6) is 0.623. The molecule has 13 rings (SSSR count). The maximum Gasteiger partial charge on any atom is 0.235 e. The van der Waals surface area contributed by atoms with E-state index in [4.69, 9.17) is 9.97 Å². The molecule has 4 heterocycles. The fourth-order valence-electron chi connectivity index (χ4n) is 9.92. The van der Waals surface area contributed by atoms with Crippen molar-refractivity contribution < 1.29 is 0 Å². The molecule has 0 aliphatic rings. The van der Waals surface area contributed by atoms with Crippen LogP contribution in [0, 0.1) is 0 Å². The van der Waals surface area contributed by atoms with Crippen molar-refractivity contribution in [1.82, 2.24) is 23.7 Å². The molecule has 0 saturated heterocycles. The highest BCUT2D eigenvalue weighted by molar-refractivity contribution is 6.33. The van der Waals surface area contributed by atoms with Crippen LogP contribution in [0.15, 0.2) is 224 Å². The molecule has 294 valence electrons. The molecule has 0 spiro atoms. The van der Waals surface area contributed by atoms with E-state index >= 15 is 0 Å². The normalized spacial score (nSPS) is 11.8. The van der Waals surface area contributed by atoms with Crippen molar-refractivity contribution in [1.29, 1.82) is 0 Å². The Balaban J connectivity index is 1.24. The van der Waals surface area contributed by atoms with E-state index in [-0.39, 0.29) is 0 Å². The number of fused-ring (bicyclic) bond motifs is 11. The second-order valence-electron chi connectivity index (χ2n) is 16.2. The van der Waals surface area contributed by atoms with E-state index in [1.54, 1.807) is 0 Å². The first kappa shape index (κ1) is 35.2. The Bertz CT molecular complexity index is 3820. The molecule has 0 aliphatic carbocycles. The minimum absolute atomic E-state index is 0.623. The summed E-state index contributed by atoms with van der Waals surface area (Å²) in [6, 6.07) is 80.2. The summed E-state index contributed by atoms with van der Waals surface area (Å²) in [6.07, 6.45) is 0. The van der Waals surface area contributed by atoms with Gasteiger partial charge in [0, 0.05) is 54.8 Å². The third kappa shape index (κ3) is 5.43. The SMILES string of the molecule is c1ccc(-c2cccc(-n3c4ccccc4c4ccc5c(c6c(ccc7c8ccccc8n(-c8nc(-c9ccccc9)cc(-c9ccccc9)n8)c76)n5-c5ccccc5)c43)c2)cc1. The van der Waals surface area contributed by atoms with Crippen molar-refractivity contribution in [3.05, 3.63) is 224 Å². The van der Waals surface area contributed by atoms with Gasteiger partial charge in [-0.15, -0.1) is 0 Å². The quantitative estimate of drug-likeness (QED) is 0.168. The smallest absolute Gasteiger partial charge is 0.235 e. The zero-order chi connectivity index (χ0) is 41.4. The third-order valence-corrected chi connectivity index (χ3v) is 12.6. The summed E-state index contributed by atoms with van der Waals surface area (Å²) >= 11 is 0. The van der Waals surface area contributed by atoms with Gasteiger partial charge in [-0.05, 0) is 65.7 Å². The molecule has 0 atom stereocenters. The molecule has 0 radical (unpaired) electrons. The molecule has 0 aliphatic heterocycles. The Hall–Kier alpha value is -8.54. The predicted octanol–water partition coefficient (Wildman–Crippen LogP) is 14.8. The number of hydrogen-bond donors (Lipinski definition) is 0. The van der Waals surface area contributed by atoms with Crippen LogP contribution < -0.4 is 0 Å². The van der Waals surface area contributed by atoms with Crippen LogP contribution in [-0.2, 0) is 0 Å². The van der Waals surface area contributed by atoms with Gasteiger partial charge >= 0.3 is 0 Å². The van der Waals surface area contributed by atoms with Gasteiger partial charge in [-0.25, -0.2) is 9.97 Å². The highest BCUT2D eigenvalue weighted by atomic mass is 15.2. The molecular weight excluding hydrogens is 767 g/mol. The Morgan fingerprint density at radius 1 is 0.270 bits per heavy atom. The highest BCUT2D eigenvalue weighted by Gasteiger charge is 2.26. The van der Waals surface area contributed by atoms with Crippen molar-refractivity contribution >= 4 is 65.4 Å². The summed E-state index contributed by atoms with van der Waals surface area (Å²) in [6.45, 7) is 0. The number of rotatable bonds is 6. The minimum atomic E-state index is 0.623. The van der Waals surface area contributed by atoms with Crippen molar-refractivity contribution in [3.63, 3.8) is 0 Å². The number of para-hydroxylation sites is 3. The van der Waals surface area contributed by atoms with E-state index in [9.17, 15) is 0 Å². The second kappa shape index (κ2) is 14.0. The van der Waals surface area contributed by atoms with E-state index < -0.39 is 0 Å². The largest absolute Gasteiger partial charge is 0.309 e. The van der Waals surface area contributed by atoms with Gasteiger partial charge in [-0.1, -0.05) is 170 Å². The molecule has 0 bridgehead atoms. The predicted molar refractivity (Wildman–Crippen MR) is 261 cm³/mol. The van der Waals surface area contributed by atoms with Gasteiger partial charge in [0.15, 0.2) is 0 Å². The van der Waals surface area contributed by atoms with E-state index in [1.165, 1.54) is 27.3 Å². The van der Waals surface area contributed by atoms with E-state index in [2.05, 4.69) is 226 Å². The van der Waals surface area contributed by atoms with Gasteiger partial charge in [0.1, 0.15) is 0 Å². The third-order valence-electron chi connectivity index (χ3n) is 12.6. The maximum absolute atomic E-state index is 5.46. The first-order chi connectivity index (χ1) is 31.3. The van der Waals surface area contributed by atoms with Crippen LogP contribution in [0.25, 0.3) is 116 Å². The summed E-state index contributed by atoms with van der Waals surface area (Å²) < 4.78 is 7.24. The summed E-state index contributed by atoms with van der Waals surface area (Å²) in [7, 11) is 0. The maximum atomic E-state index is 5.46. The molecule has 63 heavy (non-hydrogen) atoms. The average Bonchev–Trinajstić information content (AvgIpc) is 4.01. The van der Waals surface area contributed by atoms with Gasteiger partial charge in [0.05, 0.1) is 44.5 Å². The zero-order valence-electron chi connectivity index (χ0n) is 34.1. The van der Waals surface area contributed by atoms with Gasteiger partial charge in [-0.2, -0.15) is 0 Å². The van der Waals surface area contributed by atoms with Crippen LogP contribution in [-0.4, -0.2) is 23.7 Å². The number of benzene rings is 9. The molecule has 4 aromatic heterocycles. The van der Waals surface area contributed by atoms with Gasteiger partial charge < -0.3 is 9.13 Å². The lowest BCUT2D eigenvalue weighted by molar-refractivity contribution is 0.998. The lowest BCUT2D eigenvalue weighted by Gasteiger charge is -2.13.